The van der Waals surface area contributed by atoms with Crippen molar-refractivity contribution in [2.24, 2.45) is 21.1 Å². The molecule has 0 spiro atoms. The standard InChI is InChI=1S/C22H20F5N7O/c1-10-18-12(20(33(4)29-18)14-9-16(22(25,26)27)32(3)28-14)5-6-34(10)21(35)19-17-13(24)7-11(23)8-15(17)31(2)30-19/h7-10H,5-6H2,1-4H3/t10-/m0/s1. The minimum Gasteiger partial charge on any atom is -0.328 e. The summed E-state index contributed by atoms with van der Waals surface area (Å²) in [7, 11) is 4.31. The van der Waals surface area contributed by atoms with Crippen LogP contribution in [0.15, 0.2) is 18.2 Å². The van der Waals surface area contributed by atoms with Crippen LogP contribution in [-0.4, -0.2) is 46.7 Å². The smallest absolute Gasteiger partial charge is 0.328 e. The van der Waals surface area contributed by atoms with E-state index in [4.69, 9.17) is 0 Å². The second-order valence-corrected chi connectivity index (χ2v) is 8.55. The second kappa shape index (κ2) is 7.62. The van der Waals surface area contributed by atoms with E-state index >= 15 is 0 Å². The normalized spacial score (nSPS) is 16.3. The maximum Gasteiger partial charge on any atom is 0.433 e. The van der Waals surface area contributed by atoms with E-state index in [0.29, 0.717) is 29.4 Å². The topological polar surface area (TPSA) is 73.8 Å². The van der Waals surface area contributed by atoms with Crippen LogP contribution in [-0.2, 0) is 33.7 Å². The Bertz CT molecular complexity index is 1500. The van der Waals surface area contributed by atoms with E-state index in [-0.39, 0.29) is 28.8 Å². The van der Waals surface area contributed by atoms with Crippen molar-refractivity contribution in [1.82, 2.24) is 34.2 Å². The zero-order chi connectivity index (χ0) is 25.4. The van der Waals surface area contributed by atoms with Crippen molar-refractivity contribution >= 4 is 16.8 Å². The lowest BCUT2D eigenvalue weighted by molar-refractivity contribution is -0.143. The van der Waals surface area contributed by atoms with Crippen LogP contribution in [0.2, 0.25) is 0 Å². The first-order chi connectivity index (χ1) is 16.4. The number of carbonyl (C=O) groups is 1. The van der Waals surface area contributed by atoms with Gasteiger partial charge in [0.15, 0.2) is 5.69 Å². The summed E-state index contributed by atoms with van der Waals surface area (Å²) in [5.41, 5.74) is 0.877. The van der Waals surface area contributed by atoms with Crippen LogP contribution in [0.5, 0.6) is 0 Å². The Balaban J connectivity index is 1.53. The SMILES string of the molecule is C[C@H]1c2nn(C)c(-c3cc(C(F)(F)F)n(C)n3)c2CCN1C(=O)c1nn(C)c2cc(F)cc(F)c12. The highest BCUT2D eigenvalue weighted by Crippen LogP contribution is 2.38. The number of nitrogens with zero attached hydrogens (tertiary/aromatic N) is 7. The Morgan fingerprint density at radius 1 is 1.00 bits per heavy atom. The minimum atomic E-state index is -4.56. The molecule has 0 radical (unpaired) electrons. The molecular formula is C22H20F5N7O. The van der Waals surface area contributed by atoms with E-state index in [0.717, 1.165) is 16.8 Å². The van der Waals surface area contributed by atoms with Crippen molar-refractivity contribution in [2.45, 2.75) is 25.6 Å². The molecule has 8 nitrogen and oxygen atoms in total. The van der Waals surface area contributed by atoms with Crippen LogP contribution >= 0.6 is 0 Å². The molecule has 3 aromatic heterocycles. The number of aromatic nitrogens is 6. The summed E-state index contributed by atoms with van der Waals surface area (Å²) < 4.78 is 71.6. The van der Waals surface area contributed by atoms with Crippen LogP contribution in [0.4, 0.5) is 22.0 Å². The Morgan fingerprint density at radius 3 is 2.37 bits per heavy atom. The quantitative estimate of drug-likeness (QED) is 0.399. The van der Waals surface area contributed by atoms with Crippen molar-refractivity contribution < 1.29 is 26.7 Å². The van der Waals surface area contributed by atoms with Gasteiger partial charge in [0.2, 0.25) is 0 Å². The number of halogens is 5. The highest BCUT2D eigenvalue weighted by Gasteiger charge is 2.38. The highest BCUT2D eigenvalue weighted by molar-refractivity contribution is 6.05. The van der Waals surface area contributed by atoms with Gasteiger partial charge in [-0.05, 0) is 25.5 Å². The summed E-state index contributed by atoms with van der Waals surface area (Å²) in [4.78, 5) is 14.9. The molecular weight excluding hydrogens is 473 g/mol. The number of fused-ring (bicyclic) bond motifs is 2. The van der Waals surface area contributed by atoms with Crippen LogP contribution in [0, 0.1) is 11.6 Å². The van der Waals surface area contributed by atoms with E-state index < -0.39 is 35.5 Å². The van der Waals surface area contributed by atoms with Gasteiger partial charge in [-0.25, -0.2) is 8.78 Å². The van der Waals surface area contributed by atoms with Crippen molar-refractivity contribution in [3.8, 4) is 11.4 Å². The number of hydrogen-bond acceptors (Lipinski definition) is 4. The predicted molar refractivity (Wildman–Crippen MR) is 114 cm³/mol. The Labute approximate surface area is 195 Å². The molecule has 35 heavy (non-hydrogen) atoms. The molecule has 5 rings (SSSR count). The molecule has 1 atom stereocenters. The van der Waals surface area contributed by atoms with Gasteiger partial charge in [0.05, 0.1) is 28.3 Å². The average Bonchev–Trinajstić information content (AvgIpc) is 3.41. The Hall–Kier alpha value is -3.77. The predicted octanol–water partition coefficient (Wildman–Crippen LogP) is 3.76. The van der Waals surface area contributed by atoms with E-state index in [1.165, 1.54) is 28.4 Å². The largest absolute Gasteiger partial charge is 0.433 e. The number of rotatable bonds is 2. The second-order valence-electron chi connectivity index (χ2n) is 8.55. The third kappa shape index (κ3) is 3.48. The molecule has 1 aromatic carbocycles. The molecule has 4 aromatic rings. The third-order valence-corrected chi connectivity index (χ3v) is 6.39. The fourth-order valence-electron chi connectivity index (χ4n) is 4.78. The van der Waals surface area contributed by atoms with Gasteiger partial charge in [-0.3, -0.25) is 18.8 Å². The van der Waals surface area contributed by atoms with E-state index in [1.54, 1.807) is 14.0 Å². The molecule has 1 aliphatic rings. The van der Waals surface area contributed by atoms with Crippen molar-refractivity contribution in [3.05, 3.63) is 52.5 Å². The molecule has 4 heterocycles. The van der Waals surface area contributed by atoms with Crippen LogP contribution in [0.3, 0.4) is 0 Å². The van der Waals surface area contributed by atoms with Crippen LogP contribution in [0.1, 0.15) is 40.4 Å². The van der Waals surface area contributed by atoms with Crippen molar-refractivity contribution in [3.63, 3.8) is 0 Å². The highest BCUT2D eigenvalue weighted by atomic mass is 19.4. The van der Waals surface area contributed by atoms with Gasteiger partial charge in [0, 0.05) is 39.3 Å². The molecule has 1 amide bonds. The zero-order valence-corrected chi connectivity index (χ0v) is 19.2. The van der Waals surface area contributed by atoms with E-state index in [9.17, 15) is 26.7 Å². The Morgan fingerprint density at radius 2 is 1.71 bits per heavy atom. The summed E-state index contributed by atoms with van der Waals surface area (Å²) in [6.45, 7) is 1.93. The van der Waals surface area contributed by atoms with Gasteiger partial charge in [-0.2, -0.15) is 28.5 Å². The number of carbonyl (C=O) groups excluding carboxylic acids is 1. The maximum absolute atomic E-state index is 14.6. The van der Waals surface area contributed by atoms with Crippen LogP contribution < -0.4 is 0 Å². The first-order valence-electron chi connectivity index (χ1n) is 10.7. The molecule has 1 aliphatic heterocycles. The van der Waals surface area contributed by atoms with Crippen molar-refractivity contribution in [2.75, 3.05) is 6.54 Å². The molecule has 13 heteroatoms. The molecule has 0 saturated heterocycles. The number of hydrogen-bond donors (Lipinski definition) is 0. The van der Waals surface area contributed by atoms with E-state index in [1.807, 2.05) is 0 Å². The van der Waals surface area contributed by atoms with Gasteiger partial charge in [-0.1, -0.05) is 0 Å². The molecule has 0 bridgehead atoms. The lowest BCUT2D eigenvalue weighted by Gasteiger charge is -2.32. The number of amides is 1. The molecule has 0 saturated carbocycles. The lowest BCUT2D eigenvalue weighted by Crippen LogP contribution is -2.39. The number of benzene rings is 1. The van der Waals surface area contributed by atoms with E-state index in [2.05, 4.69) is 15.3 Å². The molecule has 0 aliphatic carbocycles. The summed E-state index contributed by atoms with van der Waals surface area (Å²) in [5.74, 6) is -2.22. The zero-order valence-electron chi connectivity index (χ0n) is 19.2. The van der Waals surface area contributed by atoms with Crippen LogP contribution in [0.25, 0.3) is 22.3 Å². The summed E-state index contributed by atoms with van der Waals surface area (Å²) in [6, 6.07) is 2.21. The minimum absolute atomic E-state index is 0.0771. The first kappa shape index (κ1) is 23.0. The third-order valence-electron chi connectivity index (χ3n) is 6.39. The summed E-state index contributed by atoms with van der Waals surface area (Å²) >= 11 is 0. The molecule has 0 N–H and O–H groups in total. The van der Waals surface area contributed by atoms with Gasteiger partial charge in [0.25, 0.3) is 5.91 Å². The fourth-order valence-corrected chi connectivity index (χ4v) is 4.78. The fraction of sp³-hybridized carbons (Fsp3) is 0.364. The summed E-state index contributed by atoms with van der Waals surface area (Å²) in [6.07, 6.45) is -4.26. The molecule has 0 unspecified atom stereocenters. The number of alkyl halides is 3. The monoisotopic (exact) mass is 493 g/mol. The number of aryl methyl sites for hydroxylation is 3. The maximum atomic E-state index is 14.6. The van der Waals surface area contributed by atoms with Crippen molar-refractivity contribution in [1.29, 1.82) is 0 Å². The average molecular weight is 493 g/mol. The lowest BCUT2D eigenvalue weighted by atomic mass is 9.96. The molecule has 184 valence electrons. The molecule has 0 fully saturated rings. The van der Waals surface area contributed by atoms with Gasteiger partial charge in [-0.15, -0.1) is 0 Å². The first-order valence-corrected chi connectivity index (χ1v) is 10.7. The Kier molecular flexibility index (Phi) is 5.00. The van der Waals surface area contributed by atoms with Gasteiger partial charge >= 0.3 is 6.18 Å². The van der Waals surface area contributed by atoms with Gasteiger partial charge < -0.3 is 4.90 Å². The van der Waals surface area contributed by atoms with Gasteiger partial charge in [0.1, 0.15) is 23.0 Å². The summed E-state index contributed by atoms with van der Waals surface area (Å²) in [5, 5.41) is 12.6.